The minimum absolute atomic E-state index is 0.00219. The number of carbonyl (C=O) groups is 2. The van der Waals surface area contributed by atoms with E-state index in [0.29, 0.717) is 44.8 Å². The van der Waals surface area contributed by atoms with E-state index in [1.165, 1.54) is 0 Å². The highest BCUT2D eigenvalue weighted by atomic mass is 16.5. The number of methoxy groups -OCH3 is 1. The Morgan fingerprint density at radius 3 is 2.28 bits per heavy atom. The van der Waals surface area contributed by atoms with Crippen molar-refractivity contribution in [2.45, 2.75) is 6.54 Å². The maximum atomic E-state index is 13.2. The molecular weight excluding hydrogens is 406 g/mol. The van der Waals surface area contributed by atoms with Crippen molar-refractivity contribution >= 4 is 17.5 Å². The summed E-state index contributed by atoms with van der Waals surface area (Å²) in [6.45, 7) is 3.14. The van der Waals surface area contributed by atoms with Gasteiger partial charge in [0, 0.05) is 37.4 Å². The molecule has 0 bridgehead atoms. The Bertz CT molecular complexity index is 1010. The molecule has 1 aromatic heterocycles. The lowest BCUT2D eigenvalue weighted by Crippen LogP contribution is -2.51. The van der Waals surface area contributed by atoms with E-state index in [0.717, 1.165) is 17.2 Å². The predicted octanol–water partition coefficient (Wildman–Crippen LogP) is 3.28. The minimum atomic E-state index is 0.00219. The molecule has 0 N–H and O–H groups in total. The van der Waals surface area contributed by atoms with Crippen LogP contribution >= 0.6 is 0 Å². The summed E-state index contributed by atoms with van der Waals surface area (Å²) in [5.41, 5.74) is 1.48. The van der Waals surface area contributed by atoms with Gasteiger partial charge in [-0.1, -0.05) is 18.2 Å². The Kier molecular flexibility index (Phi) is 6.87. The number of hydrogen-bond donors (Lipinski definition) is 0. The number of para-hydroxylation sites is 1. The molecule has 1 saturated heterocycles. The highest BCUT2D eigenvalue weighted by Gasteiger charge is 2.26. The van der Waals surface area contributed by atoms with Crippen molar-refractivity contribution in [1.29, 1.82) is 0 Å². The van der Waals surface area contributed by atoms with E-state index in [-0.39, 0.29) is 11.8 Å². The lowest BCUT2D eigenvalue weighted by Gasteiger charge is -2.35. The summed E-state index contributed by atoms with van der Waals surface area (Å²) in [4.78, 5) is 31.6. The van der Waals surface area contributed by atoms with Gasteiger partial charge in [0.05, 0.1) is 26.5 Å². The number of amides is 2. The van der Waals surface area contributed by atoms with Crippen molar-refractivity contribution in [1.82, 2.24) is 9.80 Å². The lowest BCUT2D eigenvalue weighted by atomic mass is 10.1. The lowest BCUT2D eigenvalue weighted by molar-refractivity contribution is -0.120. The first-order chi connectivity index (χ1) is 15.6. The number of piperazine rings is 1. The summed E-state index contributed by atoms with van der Waals surface area (Å²) in [7, 11) is 1.60. The molecule has 2 heterocycles. The largest absolute Gasteiger partial charge is 0.497 e. The molecule has 1 fully saturated rings. The first kappa shape index (κ1) is 21.6. The predicted molar refractivity (Wildman–Crippen MR) is 122 cm³/mol. The van der Waals surface area contributed by atoms with E-state index in [1.54, 1.807) is 42.5 Å². The molecule has 7 nitrogen and oxygen atoms in total. The van der Waals surface area contributed by atoms with E-state index in [4.69, 9.17) is 9.15 Å². The third-order valence-electron chi connectivity index (χ3n) is 5.62. The number of rotatable bonds is 7. The second kappa shape index (κ2) is 10.2. The molecule has 0 radical (unpaired) electrons. The Morgan fingerprint density at radius 2 is 1.66 bits per heavy atom. The summed E-state index contributed by atoms with van der Waals surface area (Å²) in [5.74, 6) is 1.46. The summed E-state index contributed by atoms with van der Waals surface area (Å²) in [6.07, 6.45) is 1.61. The fraction of sp³-hybridized carbons (Fsp3) is 0.280. The van der Waals surface area contributed by atoms with Gasteiger partial charge >= 0.3 is 0 Å². The molecule has 2 aromatic carbocycles. The zero-order valence-electron chi connectivity index (χ0n) is 18.1. The van der Waals surface area contributed by atoms with Gasteiger partial charge in [0.2, 0.25) is 5.91 Å². The van der Waals surface area contributed by atoms with E-state index >= 15 is 0 Å². The molecular formula is C25H27N3O4. The van der Waals surface area contributed by atoms with Gasteiger partial charge in [0.15, 0.2) is 0 Å². The van der Waals surface area contributed by atoms with Crippen LogP contribution in [0.4, 0.5) is 5.69 Å². The van der Waals surface area contributed by atoms with Gasteiger partial charge in [-0.3, -0.25) is 14.5 Å². The van der Waals surface area contributed by atoms with Gasteiger partial charge in [-0.25, -0.2) is 0 Å². The van der Waals surface area contributed by atoms with Crippen LogP contribution in [0.1, 0.15) is 16.1 Å². The molecule has 4 rings (SSSR count). The SMILES string of the molecule is COc1ccc(C(=O)N2CCN(CC(=O)N(Cc3ccco3)c3ccccc3)CC2)cc1. The number of furan rings is 1. The zero-order chi connectivity index (χ0) is 22.3. The number of hydrogen-bond acceptors (Lipinski definition) is 5. The smallest absolute Gasteiger partial charge is 0.253 e. The number of ether oxygens (including phenoxy) is 1. The average molecular weight is 434 g/mol. The molecule has 1 aliphatic rings. The van der Waals surface area contributed by atoms with Crippen LogP contribution in [-0.2, 0) is 11.3 Å². The molecule has 7 heteroatoms. The summed E-state index contributed by atoms with van der Waals surface area (Å²) in [5, 5.41) is 0. The van der Waals surface area contributed by atoms with Crippen LogP contribution in [0.3, 0.4) is 0 Å². The average Bonchev–Trinajstić information content (AvgIpc) is 3.36. The molecule has 2 amide bonds. The molecule has 0 aliphatic carbocycles. The van der Waals surface area contributed by atoms with Gasteiger partial charge in [-0.05, 0) is 48.5 Å². The first-order valence-electron chi connectivity index (χ1n) is 10.7. The topological polar surface area (TPSA) is 66.2 Å². The number of anilines is 1. The van der Waals surface area contributed by atoms with Crippen molar-refractivity contribution in [2.24, 2.45) is 0 Å². The summed E-state index contributed by atoms with van der Waals surface area (Å²) in [6, 6.07) is 20.4. The fourth-order valence-electron chi connectivity index (χ4n) is 3.79. The highest BCUT2D eigenvalue weighted by molar-refractivity contribution is 5.95. The van der Waals surface area contributed by atoms with Crippen molar-refractivity contribution in [3.8, 4) is 5.75 Å². The van der Waals surface area contributed by atoms with Crippen LogP contribution < -0.4 is 9.64 Å². The van der Waals surface area contributed by atoms with Gasteiger partial charge in [0.1, 0.15) is 11.5 Å². The highest BCUT2D eigenvalue weighted by Crippen LogP contribution is 2.19. The normalized spacial score (nSPS) is 14.2. The monoisotopic (exact) mass is 433 g/mol. The van der Waals surface area contributed by atoms with Crippen LogP contribution in [0.2, 0.25) is 0 Å². The first-order valence-corrected chi connectivity index (χ1v) is 10.7. The minimum Gasteiger partial charge on any atom is -0.497 e. The molecule has 0 spiro atoms. The number of benzene rings is 2. The Hall–Kier alpha value is -3.58. The summed E-state index contributed by atoms with van der Waals surface area (Å²) >= 11 is 0. The Morgan fingerprint density at radius 1 is 0.938 bits per heavy atom. The third kappa shape index (κ3) is 5.18. The quantitative estimate of drug-likeness (QED) is 0.572. The van der Waals surface area contributed by atoms with Gasteiger partial charge < -0.3 is 19.0 Å². The number of nitrogens with zero attached hydrogens (tertiary/aromatic N) is 3. The van der Waals surface area contributed by atoms with Gasteiger partial charge in [-0.2, -0.15) is 0 Å². The Balaban J connectivity index is 1.35. The van der Waals surface area contributed by atoms with Crippen molar-refractivity contribution < 1.29 is 18.7 Å². The van der Waals surface area contributed by atoms with Crippen LogP contribution in [0, 0.1) is 0 Å². The van der Waals surface area contributed by atoms with Crippen molar-refractivity contribution in [3.63, 3.8) is 0 Å². The van der Waals surface area contributed by atoms with Crippen LogP contribution in [-0.4, -0.2) is 61.4 Å². The van der Waals surface area contributed by atoms with Crippen LogP contribution in [0.5, 0.6) is 5.75 Å². The third-order valence-corrected chi connectivity index (χ3v) is 5.62. The second-order valence-electron chi connectivity index (χ2n) is 7.69. The fourth-order valence-corrected chi connectivity index (χ4v) is 3.79. The van der Waals surface area contributed by atoms with E-state index in [1.807, 2.05) is 47.4 Å². The second-order valence-corrected chi connectivity index (χ2v) is 7.69. The van der Waals surface area contributed by atoms with Crippen LogP contribution in [0.15, 0.2) is 77.4 Å². The molecule has 32 heavy (non-hydrogen) atoms. The van der Waals surface area contributed by atoms with Crippen molar-refractivity contribution in [3.05, 3.63) is 84.3 Å². The van der Waals surface area contributed by atoms with E-state index in [2.05, 4.69) is 4.90 Å². The molecule has 0 unspecified atom stereocenters. The van der Waals surface area contributed by atoms with E-state index < -0.39 is 0 Å². The van der Waals surface area contributed by atoms with Crippen LogP contribution in [0.25, 0.3) is 0 Å². The molecule has 0 saturated carbocycles. The molecule has 0 atom stereocenters. The zero-order valence-corrected chi connectivity index (χ0v) is 18.1. The van der Waals surface area contributed by atoms with E-state index in [9.17, 15) is 9.59 Å². The molecule has 3 aromatic rings. The van der Waals surface area contributed by atoms with Crippen molar-refractivity contribution in [2.75, 3.05) is 44.7 Å². The summed E-state index contributed by atoms with van der Waals surface area (Å²) < 4.78 is 10.6. The number of carbonyl (C=O) groups excluding carboxylic acids is 2. The van der Waals surface area contributed by atoms with Gasteiger partial charge in [-0.15, -0.1) is 0 Å². The standard InChI is InChI=1S/C25H27N3O4/c1-31-22-11-9-20(10-12-22)25(30)27-15-13-26(14-16-27)19-24(29)28(18-23-8-5-17-32-23)21-6-3-2-4-7-21/h2-12,17H,13-16,18-19H2,1H3. The van der Waals surface area contributed by atoms with Gasteiger partial charge in [0.25, 0.3) is 5.91 Å². The molecule has 166 valence electrons. The maximum absolute atomic E-state index is 13.2. The Labute approximate surface area is 187 Å². The molecule has 1 aliphatic heterocycles. The maximum Gasteiger partial charge on any atom is 0.253 e.